The SMILES string of the molecule is COc1ccc([C@H]2CNC[C@@H](Cc3nc4c(F)cccc4o3)C2)cc1OC1CCCC1. The first-order chi connectivity index (χ1) is 15.2. The van der Waals surface area contributed by atoms with E-state index >= 15 is 0 Å². The molecule has 1 saturated carbocycles. The molecule has 2 fully saturated rings. The molecule has 31 heavy (non-hydrogen) atoms. The predicted octanol–water partition coefficient (Wildman–Crippen LogP) is 5.23. The summed E-state index contributed by atoms with van der Waals surface area (Å²) in [5.74, 6) is 2.66. The van der Waals surface area contributed by atoms with Crippen molar-refractivity contribution in [1.29, 1.82) is 0 Å². The molecule has 2 aromatic carbocycles. The maximum atomic E-state index is 13.9. The lowest BCUT2D eigenvalue weighted by Gasteiger charge is -2.30. The summed E-state index contributed by atoms with van der Waals surface area (Å²) in [7, 11) is 1.69. The third-order valence-corrected chi connectivity index (χ3v) is 6.57. The number of methoxy groups -OCH3 is 1. The summed E-state index contributed by atoms with van der Waals surface area (Å²) >= 11 is 0. The van der Waals surface area contributed by atoms with Gasteiger partial charge in [-0.15, -0.1) is 0 Å². The molecule has 1 saturated heterocycles. The van der Waals surface area contributed by atoms with Crippen LogP contribution in [0.15, 0.2) is 40.8 Å². The summed E-state index contributed by atoms with van der Waals surface area (Å²) in [6.07, 6.45) is 6.71. The molecule has 1 aliphatic heterocycles. The third kappa shape index (κ3) is 4.40. The van der Waals surface area contributed by atoms with Crippen LogP contribution in [0, 0.1) is 11.7 Å². The van der Waals surface area contributed by atoms with Crippen LogP contribution in [0.2, 0.25) is 0 Å². The number of hydrogen-bond acceptors (Lipinski definition) is 5. The lowest BCUT2D eigenvalue weighted by atomic mass is 9.84. The van der Waals surface area contributed by atoms with Crippen molar-refractivity contribution in [3.05, 3.63) is 53.7 Å². The second kappa shape index (κ2) is 8.87. The number of nitrogens with zero attached hydrogens (tertiary/aromatic N) is 1. The third-order valence-electron chi connectivity index (χ3n) is 6.57. The highest BCUT2D eigenvalue weighted by Crippen LogP contribution is 2.37. The molecule has 0 amide bonds. The molecule has 0 bridgehead atoms. The fourth-order valence-corrected chi connectivity index (χ4v) is 4.96. The maximum absolute atomic E-state index is 13.9. The first-order valence-corrected chi connectivity index (χ1v) is 11.3. The van der Waals surface area contributed by atoms with Crippen molar-refractivity contribution in [2.75, 3.05) is 20.2 Å². The number of benzene rings is 2. The number of nitrogens with one attached hydrogen (secondary N) is 1. The number of oxazole rings is 1. The lowest BCUT2D eigenvalue weighted by Crippen LogP contribution is -2.36. The standard InChI is InChI=1S/C25H29FN2O3/c1-29-21-10-9-17(13-23(21)30-19-5-2-3-6-19)18-11-16(14-27-15-18)12-24-28-25-20(26)7-4-8-22(25)31-24/h4,7-10,13,16,18-19,27H,2-3,5-6,11-12,14-15H2,1H3/t16-,18-/m1/s1. The number of fused-ring (bicyclic) bond motifs is 1. The van der Waals surface area contributed by atoms with Gasteiger partial charge in [0.25, 0.3) is 0 Å². The number of halogens is 1. The minimum atomic E-state index is -0.333. The van der Waals surface area contributed by atoms with Crippen LogP contribution >= 0.6 is 0 Å². The Labute approximate surface area is 181 Å². The van der Waals surface area contributed by atoms with Crippen LogP contribution in [-0.4, -0.2) is 31.3 Å². The average Bonchev–Trinajstić information content (AvgIpc) is 3.44. The Kier molecular flexibility index (Phi) is 5.81. The van der Waals surface area contributed by atoms with Gasteiger partial charge >= 0.3 is 0 Å². The van der Waals surface area contributed by atoms with Gasteiger partial charge in [-0.1, -0.05) is 12.1 Å². The van der Waals surface area contributed by atoms with Crippen LogP contribution in [0.25, 0.3) is 11.1 Å². The van der Waals surface area contributed by atoms with Crippen LogP contribution in [0.4, 0.5) is 4.39 Å². The molecule has 6 heteroatoms. The number of hydrogen-bond donors (Lipinski definition) is 1. The Balaban J connectivity index is 1.30. The van der Waals surface area contributed by atoms with E-state index in [4.69, 9.17) is 13.9 Å². The molecule has 0 unspecified atom stereocenters. The van der Waals surface area contributed by atoms with E-state index in [-0.39, 0.29) is 5.82 Å². The number of rotatable bonds is 6. The highest BCUT2D eigenvalue weighted by atomic mass is 19.1. The molecular weight excluding hydrogens is 395 g/mol. The molecule has 2 heterocycles. The molecule has 0 spiro atoms. The number of aromatic nitrogens is 1. The van der Waals surface area contributed by atoms with Crippen molar-refractivity contribution < 1.29 is 18.3 Å². The fourth-order valence-electron chi connectivity index (χ4n) is 4.96. The van der Waals surface area contributed by atoms with E-state index < -0.39 is 0 Å². The smallest absolute Gasteiger partial charge is 0.195 e. The molecule has 1 N–H and O–H groups in total. The van der Waals surface area contributed by atoms with Gasteiger partial charge in [0.2, 0.25) is 0 Å². The van der Waals surface area contributed by atoms with E-state index in [0.29, 0.717) is 41.4 Å². The van der Waals surface area contributed by atoms with Gasteiger partial charge in [0.15, 0.2) is 28.8 Å². The van der Waals surface area contributed by atoms with Crippen LogP contribution in [0.5, 0.6) is 11.5 Å². The molecule has 5 rings (SSSR count). The van der Waals surface area contributed by atoms with Crippen LogP contribution in [0.1, 0.15) is 49.5 Å². The highest BCUT2D eigenvalue weighted by molar-refractivity contribution is 5.73. The highest BCUT2D eigenvalue weighted by Gasteiger charge is 2.26. The van der Waals surface area contributed by atoms with Crippen LogP contribution in [0.3, 0.4) is 0 Å². The van der Waals surface area contributed by atoms with Crippen molar-refractivity contribution in [3.8, 4) is 11.5 Å². The molecule has 3 aromatic rings. The van der Waals surface area contributed by atoms with Crippen molar-refractivity contribution in [2.45, 2.75) is 50.5 Å². The van der Waals surface area contributed by atoms with Gasteiger partial charge in [-0.3, -0.25) is 0 Å². The zero-order valence-electron chi connectivity index (χ0n) is 17.9. The second-order valence-corrected chi connectivity index (χ2v) is 8.79. The monoisotopic (exact) mass is 424 g/mol. The van der Waals surface area contributed by atoms with E-state index in [9.17, 15) is 4.39 Å². The molecule has 1 aromatic heterocycles. The topological polar surface area (TPSA) is 56.5 Å². The lowest BCUT2D eigenvalue weighted by molar-refractivity contribution is 0.200. The molecule has 2 atom stereocenters. The van der Waals surface area contributed by atoms with E-state index in [1.54, 1.807) is 19.2 Å². The first-order valence-electron chi connectivity index (χ1n) is 11.3. The van der Waals surface area contributed by atoms with Crippen molar-refractivity contribution in [3.63, 3.8) is 0 Å². The summed E-state index contributed by atoms with van der Waals surface area (Å²) in [5.41, 5.74) is 2.09. The van der Waals surface area contributed by atoms with E-state index in [1.807, 2.05) is 6.07 Å². The van der Waals surface area contributed by atoms with Gasteiger partial charge in [0.05, 0.1) is 13.2 Å². The molecule has 2 aliphatic rings. The Hall–Kier alpha value is -2.60. The van der Waals surface area contributed by atoms with E-state index in [2.05, 4.69) is 22.4 Å². The van der Waals surface area contributed by atoms with Crippen molar-refractivity contribution >= 4 is 11.1 Å². The summed E-state index contributed by atoms with van der Waals surface area (Å²) in [5, 5.41) is 3.55. The summed E-state index contributed by atoms with van der Waals surface area (Å²) < 4.78 is 31.6. The van der Waals surface area contributed by atoms with E-state index in [0.717, 1.165) is 43.9 Å². The number of para-hydroxylation sites is 1. The van der Waals surface area contributed by atoms with Crippen molar-refractivity contribution in [1.82, 2.24) is 10.3 Å². The van der Waals surface area contributed by atoms with Gasteiger partial charge in [-0.05, 0) is 80.3 Å². The zero-order chi connectivity index (χ0) is 21.2. The largest absolute Gasteiger partial charge is 0.493 e. The Morgan fingerprint density at radius 2 is 2.00 bits per heavy atom. The van der Waals surface area contributed by atoms with Gasteiger partial charge in [0.1, 0.15) is 5.52 Å². The fraction of sp³-hybridized carbons (Fsp3) is 0.480. The van der Waals surface area contributed by atoms with Gasteiger partial charge in [-0.25, -0.2) is 9.37 Å². The Morgan fingerprint density at radius 1 is 1.13 bits per heavy atom. The summed E-state index contributed by atoms with van der Waals surface area (Å²) in [6, 6.07) is 11.2. The summed E-state index contributed by atoms with van der Waals surface area (Å²) in [6.45, 7) is 1.83. The van der Waals surface area contributed by atoms with E-state index in [1.165, 1.54) is 24.5 Å². The normalized spacial score (nSPS) is 22.1. The summed E-state index contributed by atoms with van der Waals surface area (Å²) in [4.78, 5) is 4.39. The molecule has 0 radical (unpaired) electrons. The quantitative estimate of drug-likeness (QED) is 0.587. The number of ether oxygens (including phenoxy) is 2. The first kappa shape index (κ1) is 20.3. The van der Waals surface area contributed by atoms with Gasteiger partial charge < -0.3 is 19.2 Å². The van der Waals surface area contributed by atoms with Gasteiger partial charge in [-0.2, -0.15) is 0 Å². The molecule has 5 nitrogen and oxygen atoms in total. The Bertz CT molecular complexity index is 1040. The van der Waals surface area contributed by atoms with Crippen LogP contribution < -0.4 is 14.8 Å². The maximum Gasteiger partial charge on any atom is 0.195 e. The average molecular weight is 425 g/mol. The van der Waals surface area contributed by atoms with Crippen molar-refractivity contribution in [2.24, 2.45) is 5.92 Å². The van der Waals surface area contributed by atoms with Gasteiger partial charge in [0, 0.05) is 13.0 Å². The zero-order valence-corrected chi connectivity index (χ0v) is 17.9. The minimum Gasteiger partial charge on any atom is -0.493 e. The predicted molar refractivity (Wildman–Crippen MR) is 117 cm³/mol. The number of piperidine rings is 1. The minimum absolute atomic E-state index is 0.293. The second-order valence-electron chi connectivity index (χ2n) is 8.79. The van der Waals surface area contributed by atoms with Crippen LogP contribution in [-0.2, 0) is 6.42 Å². The molecular formula is C25H29FN2O3. The molecule has 1 aliphatic carbocycles. The molecule has 164 valence electrons. The Morgan fingerprint density at radius 3 is 2.81 bits per heavy atom.